The van der Waals surface area contributed by atoms with E-state index in [-0.39, 0.29) is 11.8 Å². The normalized spacial score (nSPS) is 26.0. The van der Waals surface area contributed by atoms with Gasteiger partial charge in [0, 0.05) is 12.6 Å². The van der Waals surface area contributed by atoms with Crippen molar-refractivity contribution < 1.29 is 4.79 Å². The molecular formula is C10H15ClN4OS. The highest BCUT2D eigenvalue weighted by Gasteiger charge is 2.29. The standard InChI is InChI=1S/C10H15ClN4OS/c1-6-2-3-7(9(12)16)4-15(6)5-8-13-14-10(11)17-8/h6-7H,2-5H2,1H3,(H2,12,16). The summed E-state index contributed by atoms with van der Waals surface area (Å²) in [6.45, 7) is 3.54. The van der Waals surface area contributed by atoms with E-state index in [1.54, 1.807) is 0 Å². The molecule has 0 aliphatic carbocycles. The molecular weight excluding hydrogens is 260 g/mol. The van der Waals surface area contributed by atoms with Gasteiger partial charge >= 0.3 is 0 Å². The lowest BCUT2D eigenvalue weighted by Crippen LogP contribution is -2.45. The van der Waals surface area contributed by atoms with Gasteiger partial charge in [0.2, 0.25) is 10.4 Å². The lowest BCUT2D eigenvalue weighted by atomic mass is 9.93. The van der Waals surface area contributed by atoms with E-state index in [0.717, 1.165) is 17.8 Å². The van der Waals surface area contributed by atoms with Crippen molar-refractivity contribution in [1.29, 1.82) is 0 Å². The summed E-state index contributed by atoms with van der Waals surface area (Å²) in [5, 5.41) is 8.65. The number of nitrogens with two attached hydrogens (primary N) is 1. The van der Waals surface area contributed by atoms with Gasteiger partial charge in [-0.15, -0.1) is 10.2 Å². The minimum atomic E-state index is -0.211. The first-order chi connectivity index (χ1) is 8.06. The molecule has 2 unspecified atom stereocenters. The van der Waals surface area contributed by atoms with Crippen molar-refractivity contribution in [3.05, 3.63) is 9.47 Å². The van der Waals surface area contributed by atoms with Crippen molar-refractivity contribution in [3.63, 3.8) is 0 Å². The van der Waals surface area contributed by atoms with Crippen LogP contribution >= 0.6 is 22.9 Å². The number of piperidine rings is 1. The highest BCUT2D eigenvalue weighted by Crippen LogP contribution is 2.25. The van der Waals surface area contributed by atoms with Crippen LogP contribution in [0.2, 0.25) is 4.47 Å². The van der Waals surface area contributed by atoms with Crippen LogP contribution in [0.3, 0.4) is 0 Å². The van der Waals surface area contributed by atoms with E-state index in [1.807, 2.05) is 0 Å². The van der Waals surface area contributed by atoms with Crippen molar-refractivity contribution >= 4 is 28.8 Å². The van der Waals surface area contributed by atoms with Crippen molar-refractivity contribution in [2.45, 2.75) is 32.4 Å². The number of halogens is 1. The molecule has 2 heterocycles. The lowest BCUT2D eigenvalue weighted by molar-refractivity contribution is -0.124. The van der Waals surface area contributed by atoms with Crippen molar-refractivity contribution in [1.82, 2.24) is 15.1 Å². The molecule has 1 aromatic heterocycles. The summed E-state index contributed by atoms with van der Waals surface area (Å²) < 4.78 is 0.455. The van der Waals surface area contributed by atoms with E-state index in [0.29, 0.717) is 23.6 Å². The van der Waals surface area contributed by atoms with E-state index in [1.165, 1.54) is 11.3 Å². The van der Waals surface area contributed by atoms with Gasteiger partial charge in [-0.3, -0.25) is 9.69 Å². The highest BCUT2D eigenvalue weighted by molar-refractivity contribution is 7.15. The van der Waals surface area contributed by atoms with Crippen LogP contribution in [0.5, 0.6) is 0 Å². The minimum Gasteiger partial charge on any atom is -0.369 e. The van der Waals surface area contributed by atoms with Crippen LogP contribution in [0, 0.1) is 5.92 Å². The van der Waals surface area contributed by atoms with Crippen LogP contribution in [0.15, 0.2) is 0 Å². The SMILES string of the molecule is CC1CCC(C(N)=O)CN1Cc1nnc(Cl)s1. The topological polar surface area (TPSA) is 72.1 Å². The summed E-state index contributed by atoms with van der Waals surface area (Å²) in [4.78, 5) is 13.4. The van der Waals surface area contributed by atoms with Crippen LogP contribution in [0.4, 0.5) is 0 Å². The number of carbonyl (C=O) groups is 1. The first-order valence-electron chi connectivity index (χ1n) is 5.57. The maximum atomic E-state index is 11.2. The Bertz CT molecular complexity index is 411. The monoisotopic (exact) mass is 274 g/mol. The summed E-state index contributed by atoms with van der Waals surface area (Å²) in [6, 6.07) is 0.438. The summed E-state index contributed by atoms with van der Waals surface area (Å²) in [5.74, 6) is -0.258. The van der Waals surface area contributed by atoms with Gasteiger partial charge in [0.25, 0.3) is 0 Å². The summed E-state index contributed by atoms with van der Waals surface area (Å²) in [5.41, 5.74) is 5.36. The Labute approximate surface area is 109 Å². The van der Waals surface area contributed by atoms with Gasteiger partial charge < -0.3 is 5.73 Å². The maximum absolute atomic E-state index is 11.2. The third-order valence-electron chi connectivity index (χ3n) is 3.19. The number of primary amides is 1. The Kier molecular flexibility index (Phi) is 3.96. The fourth-order valence-corrected chi connectivity index (χ4v) is 3.00. The molecule has 0 bridgehead atoms. The zero-order chi connectivity index (χ0) is 12.4. The molecule has 0 aromatic carbocycles. The molecule has 1 aliphatic rings. The van der Waals surface area contributed by atoms with Crippen LogP contribution in [-0.4, -0.2) is 33.6 Å². The fraction of sp³-hybridized carbons (Fsp3) is 0.700. The predicted octanol–water partition coefficient (Wildman–Crippen LogP) is 1.28. The third-order valence-corrected chi connectivity index (χ3v) is 4.20. The van der Waals surface area contributed by atoms with Gasteiger partial charge in [0.05, 0.1) is 12.5 Å². The molecule has 0 radical (unpaired) electrons. The largest absolute Gasteiger partial charge is 0.369 e. The number of hydrogen-bond acceptors (Lipinski definition) is 5. The second-order valence-electron chi connectivity index (χ2n) is 4.40. The van der Waals surface area contributed by atoms with Crippen LogP contribution < -0.4 is 5.73 Å². The Morgan fingerprint density at radius 3 is 2.94 bits per heavy atom. The average Bonchev–Trinajstić information content (AvgIpc) is 2.67. The van der Waals surface area contributed by atoms with Gasteiger partial charge in [-0.05, 0) is 31.4 Å². The zero-order valence-electron chi connectivity index (χ0n) is 9.60. The quantitative estimate of drug-likeness (QED) is 0.901. The molecule has 2 N–H and O–H groups in total. The zero-order valence-corrected chi connectivity index (χ0v) is 11.2. The lowest BCUT2D eigenvalue weighted by Gasteiger charge is -2.36. The minimum absolute atomic E-state index is 0.0467. The maximum Gasteiger partial charge on any atom is 0.221 e. The molecule has 1 amide bonds. The fourth-order valence-electron chi connectivity index (χ4n) is 2.10. The van der Waals surface area contributed by atoms with E-state index in [9.17, 15) is 4.79 Å². The molecule has 17 heavy (non-hydrogen) atoms. The van der Waals surface area contributed by atoms with Gasteiger partial charge in [-0.25, -0.2) is 0 Å². The van der Waals surface area contributed by atoms with Gasteiger partial charge in [0.15, 0.2) is 0 Å². The number of carbonyl (C=O) groups excluding carboxylic acids is 1. The average molecular weight is 275 g/mol. The molecule has 0 saturated carbocycles. The molecule has 1 aromatic rings. The number of likely N-dealkylation sites (tertiary alicyclic amines) is 1. The van der Waals surface area contributed by atoms with Crippen molar-refractivity contribution in [2.75, 3.05) is 6.54 Å². The third kappa shape index (κ3) is 3.14. The van der Waals surface area contributed by atoms with E-state index in [2.05, 4.69) is 22.0 Å². The van der Waals surface area contributed by atoms with Gasteiger partial charge in [-0.2, -0.15) is 0 Å². The molecule has 1 aliphatic heterocycles. The van der Waals surface area contributed by atoms with E-state index < -0.39 is 0 Å². The summed E-state index contributed by atoms with van der Waals surface area (Å²) in [7, 11) is 0. The Morgan fingerprint density at radius 1 is 1.59 bits per heavy atom. The van der Waals surface area contributed by atoms with Crippen LogP contribution in [0.1, 0.15) is 24.8 Å². The first kappa shape index (κ1) is 12.7. The van der Waals surface area contributed by atoms with Crippen molar-refractivity contribution in [3.8, 4) is 0 Å². The smallest absolute Gasteiger partial charge is 0.221 e. The Balaban J connectivity index is 2.00. The number of rotatable bonds is 3. The van der Waals surface area contributed by atoms with Crippen LogP contribution in [0.25, 0.3) is 0 Å². The molecule has 0 spiro atoms. The molecule has 1 saturated heterocycles. The molecule has 94 valence electrons. The second kappa shape index (κ2) is 5.29. The van der Waals surface area contributed by atoms with Crippen molar-refractivity contribution in [2.24, 2.45) is 11.7 Å². The number of amides is 1. The number of aromatic nitrogens is 2. The summed E-state index contributed by atoms with van der Waals surface area (Å²) in [6.07, 6.45) is 1.87. The number of nitrogens with zero attached hydrogens (tertiary/aromatic N) is 3. The number of hydrogen-bond donors (Lipinski definition) is 1. The molecule has 2 rings (SSSR count). The Hall–Kier alpha value is -0.720. The van der Waals surface area contributed by atoms with Crippen LogP contribution in [-0.2, 0) is 11.3 Å². The highest BCUT2D eigenvalue weighted by atomic mass is 35.5. The van der Waals surface area contributed by atoms with E-state index in [4.69, 9.17) is 17.3 Å². The molecule has 2 atom stereocenters. The Morgan fingerprint density at radius 2 is 2.35 bits per heavy atom. The molecule has 7 heteroatoms. The predicted molar refractivity (Wildman–Crippen MR) is 66.7 cm³/mol. The molecule has 5 nitrogen and oxygen atoms in total. The first-order valence-corrected chi connectivity index (χ1v) is 6.77. The second-order valence-corrected chi connectivity index (χ2v) is 6.05. The van der Waals surface area contributed by atoms with Gasteiger partial charge in [0.1, 0.15) is 5.01 Å². The molecule has 1 fully saturated rings. The van der Waals surface area contributed by atoms with Gasteiger partial charge in [-0.1, -0.05) is 11.3 Å². The summed E-state index contributed by atoms with van der Waals surface area (Å²) >= 11 is 7.12. The van der Waals surface area contributed by atoms with E-state index >= 15 is 0 Å².